The summed E-state index contributed by atoms with van der Waals surface area (Å²) in [6.45, 7) is 6.76. The average molecular weight is 486 g/mol. The number of carbonyl (C=O) groups is 3. The lowest BCUT2D eigenvalue weighted by Crippen LogP contribution is -2.50. The summed E-state index contributed by atoms with van der Waals surface area (Å²) in [5.74, 6) is -0.213. The summed E-state index contributed by atoms with van der Waals surface area (Å²) >= 11 is 0. The van der Waals surface area contributed by atoms with Crippen LogP contribution in [0, 0.1) is 0 Å². The van der Waals surface area contributed by atoms with Gasteiger partial charge in [-0.2, -0.15) is 0 Å². The van der Waals surface area contributed by atoms with Crippen molar-refractivity contribution in [3.63, 3.8) is 0 Å². The predicted octanol–water partition coefficient (Wildman–Crippen LogP) is 5.30. The third-order valence-electron chi connectivity index (χ3n) is 7.00. The Morgan fingerprint density at radius 2 is 1.67 bits per heavy atom. The van der Waals surface area contributed by atoms with Crippen molar-refractivity contribution in [2.75, 3.05) is 11.4 Å². The smallest absolute Gasteiger partial charge is 0.258 e. The van der Waals surface area contributed by atoms with Crippen LogP contribution in [-0.2, 0) is 16.1 Å². The van der Waals surface area contributed by atoms with Crippen LogP contribution in [0.4, 0.5) is 5.69 Å². The predicted molar refractivity (Wildman–Crippen MR) is 144 cm³/mol. The van der Waals surface area contributed by atoms with Crippen LogP contribution in [0.3, 0.4) is 0 Å². The molecule has 188 valence electrons. The molecule has 6 nitrogen and oxygen atoms in total. The van der Waals surface area contributed by atoms with Gasteiger partial charge in [0.05, 0.1) is 5.69 Å². The summed E-state index contributed by atoms with van der Waals surface area (Å²) in [5.41, 5.74) is 2.60. The van der Waals surface area contributed by atoms with Gasteiger partial charge in [-0.15, -0.1) is 0 Å². The summed E-state index contributed by atoms with van der Waals surface area (Å²) in [6, 6.07) is 21.0. The van der Waals surface area contributed by atoms with Crippen molar-refractivity contribution in [2.24, 2.45) is 0 Å². The summed E-state index contributed by atoms with van der Waals surface area (Å²) in [6.07, 6.45) is 2.14. The van der Waals surface area contributed by atoms with E-state index in [-0.39, 0.29) is 30.2 Å². The van der Waals surface area contributed by atoms with E-state index in [0.717, 1.165) is 28.4 Å². The zero-order valence-electron chi connectivity index (χ0n) is 21.4. The number of hydrogen-bond donors (Lipinski definition) is 1. The Hall–Kier alpha value is -3.67. The molecule has 2 atom stereocenters. The first-order valence-corrected chi connectivity index (χ1v) is 12.9. The fourth-order valence-corrected chi connectivity index (χ4v) is 4.87. The standard InChI is InChI=1S/C30H35N3O3/c1-4-21(3)31-29(35)25(5-2)33(20-22-12-7-6-8-13-22)27(34)18-11-19-32-26-17-10-15-23-14-9-16-24(28(23)26)30(32)36/h6-10,12-17,21,25H,4-5,11,18-20H2,1-3H3,(H,31,35)/t21-,25-/m0/s1. The van der Waals surface area contributed by atoms with Crippen molar-refractivity contribution in [2.45, 2.75) is 65.1 Å². The molecule has 3 aromatic rings. The first-order chi connectivity index (χ1) is 17.4. The van der Waals surface area contributed by atoms with Crippen molar-refractivity contribution in [1.29, 1.82) is 0 Å². The fraction of sp³-hybridized carbons (Fsp3) is 0.367. The number of rotatable bonds is 11. The normalized spacial score (nSPS) is 14.1. The molecule has 4 rings (SSSR count). The number of hydrogen-bond acceptors (Lipinski definition) is 3. The van der Waals surface area contributed by atoms with Gasteiger partial charge in [-0.25, -0.2) is 0 Å². The van der Waals surface area contributed by atoms with Gasteiger partial charge in [-0.3, -0.25) is 14.4 Å². The Morgan fingerprint density at radius 1 is 0.944 bits per heavy atom. The van der Waals surface area contributed by atoms with E-state index in [9.17, 15) is 14.4 Å². The third kappa shape index (κ3) is 5.27. The molecule has 1 heterocycles. The monoisotopic (exact) mass is 485 g/mol. The molecule has 0 aromatic heterocycles. The maximum absolute atomic E-state index is 13.5. The van der Waals surface area contributed by atoms with Crippen molar-refractivity contribution in [3.8, 4) is 0 Å². The molecule has 0 saturated carbocycles. The van der Waals surface area contributed by atoms with Gasteiger partial charge in [0, 0.05) is 36.5 Å². The van der Waals surface area contributed by atoms with Crippen molar-refractivity contribution >= 4 is 34.2 Å². The van der Waals surface area contributed by atoms with Gasteiger partial charge < -0.3 is 15.1 Å². The highest BCUT2D eigenvalue weighted by atomic mass is 16.2. The number of amides is 3. The number of nitrogens with zero attached hydrogens (tertiary/aromatic N) is 2. The SMILES string of the molecule is CC[C@H](C)NC(=O)[C@H](CC)N(Cc1ccccc1)C(=O)CCCN1C(=O)c2cccc3cccc1c23. The molecule has 0 spiro atoms. The van der Waals surface area contributed by atoms with Gasteiger partial charge in [0.15, 0.2) is 0 Å². The first kappa shape index (κ1) is 25.4. The third-order valence-corrected chi connectivity index (χ3v) is 7.00. The summed E-state index contributed by atoms with van der Waals surface area (Å²) in [4.78, 5) is 43.2. The molecule has 0 radical (unpaired) electrons. The lowest BCUT2D eigenvalue weighted by molar-refractivity contribution is -0.141. The lowest BCUT2D eigenvalue weighted by atomic mass is 10.1. The highest BCUT2D eigenvalue weighted by Crippen LogP contribution is 2.37. The highest BCUT2D eigenvalue weighted by Gasteiger charge is 2.31. The fourth-order valence-electron chi connectivity index (χ4n) is 4.87. The molecule has 36 heavy (non-hydrogen) atoms. The molecule has 6 heteroatoms. The molecule has 3 aromatic carbocycles. The number of anilines is 1. The molecule has 0 saturated heterocycles. The van der Waals surface area contributed by atoms with Gasteiger partial charge in [-0.1, -0.05) is 68.4 Å². The molecular formula is C30H35N3O3. The Labute approximate surface area is 213 Å². The van der Waals surface area contributed by atoms with Crippen LogP contribution in [0.25, 0.3) is 10.8 Å². The Kier molecular flexibility index (Phi) is 8.04. The minimum atomic E-state index is -0.543. The van der Waals surface area contributed by atoms with Crippen LogP contribution in [0.15, 0.2) is 66.7 Å². The Bertz CT molecular complexity index is 1240. The van der Waals surface area contributed by atoms with Crippen molar-refractivity contribution in [1.82, 2.24) is 10.2 Å². The van der Waals surface area contributed by atoms with E-state index in [1.54, 1.807) is 9.80 Å². The van der Waals surface area contributed by atoms with E-state index in [1.165, 1.54) is 0 Å². The summed E-state index contributed by atoms with van der Waals surface area (Å²) in [5, 5.41) is 5.07. The molecule has 0 aliphatic carbocycles. The molecule has 0 bridgehead atoms. The molecule has 1 N–H and O–H groups in total. The van der Waals surface area contributed by atoms with E-state index >= 15 is 0 Å². The van der Waals surface area contributed by atoms with Crippen molar-refractivity contribution < 1.29 is 14.4 Å². The van der Waals surface area contributed by atoms with Gasteiger partial charge in [0.2, 0.25) is 11.8 Å². The second kappa shape index (κ2) is 11.4. The maximum atomic E-state index is 13.5. The Balaban J connectivity index is 1.47. The molecule has 0 unspecified atom stereocenters. The average Bonchev–Trinajstić information content (AvgIpc) is 3.17. The minimum absolute atomic E-state index is 0.0187. The lowest BCUT2D eigenvalue weighted by Gasteiger charge is -2.31. The number of nitrogens with one attached hydrogen (secondary N) is 1. The van der Waals surface area contributed by atoms with Gasteiger partial charge >= 0.3 is 0 Å². The zero-order chi connectivity index (χ0) is 25.7. The number of benzene rings is 3. The van der Waals surface area contributed by atoms with E-state index < -0.39 is 6.04 Å². The van der Waals surface area contributed by atoms with Gasteiger partial charge in [0.25, 0.3) is 5.91 Å². The maximum Gasteiger partial charge on any atom is 0.258 e. The molecule has 0 fully saturated rings. The van der Waals surface area contributed by atoms with Crippen LogP contribution in [-0.4, -0.2) is 41.2 Å². The van der Waals surface area contributed by atoms with Crippen LogP contribution >= 0.6 is 0 Å². The topological polar surface area (TPSA) is 69.7 Å². The van der Waals surface area contributed by atoms with Crippen LogP contribution in [0.2, 0.25) is 0 Å². The Morgan fingerprint density at radius 3 is 2.36 bits per heavy atom. The van der Waals surface area contributed by atoms with E-state index in [2.05, 4.69) is 5.32 Å². The van der Waals surface area contributed by atoms with Crippen LogP contribution in [0.1, 0.15) is 62.4 Å². The van der Waals surface area contributed by atoms with E-state index in [0.29, 0.717) is 31.5 Å². The summed E-state index contributed by atoms with van der Waals surface area (Å²) < 4.78 is 0. The van der Waals surface area contributed by atoms with Gasteiger partial charge in [-0.05, 0) is 49.3 Å². The first-order valence-electron chi connectivity index (χ1n) is 12.9. The van der Waals surface area contributed by atoms with Crippen molar-refractivity contribution in [3.05, 3.63) is 77.9 Å². The van der Waals surface area contributed by atoms with Crippen LogP contribution < -0.4 is 10.2 Å². The minimum Gasteiger partial charge on any atom is -0.352 e. The second-order valence-electron chi connectivity index (χ2n) is 9.49. The summed E-state index contributed by atoms with van der Waals surface area (Å²) in [7, 11) is 0. The largest absolute Gasteiger partial charge is 0.352 e. The zero-order valence-corrected chi connectivity index (χ0v) is 21.4. The molecule has 1 aliphatic heterocycles. The molecular weight excluding hydrogens is 450 g/mol. The van der Waals surface area contributed by atoms with E-state index in [4.69, 9.17) is 0 Å². The quantitative estimate of drug-likeness (QED) is 0.401. The van der Waals surface area contributed by atoms with Gasteiger partial charge in [0.1, 0.15) is 6.04 Å². The molecule has 1 aliphatic rings. The second-order valence-corrected chi connectivity index (χ2v) is 9.49. The number of carbonyl (C=O) groups excluding carboxylic acids is 3. The highest BCUT2D eigenvalue weighted by molar-refractivity contribution is 6.25. The molecule has 3 amide bonds. The van der Waals surface area contributed by atoms with E-state index in [1.807, 2.05) is 87.5 Å². The van der Waals surface area contributed by atoms with Crippen LogP contribution in [0.5, 0.6) is 0 Å².